The third-order valence-corrected chi connectivity index (χ3v) is 3.48. The van der Waals surface area contributed by atoms with Gasteiger partial charge in [0.05, 0.1) is 12.1 Å². The van der Waals surface area contributed by atoms with E-state index in [0.717, 1.165) is 13.0 Å². The second-order valence-electron chi connectivity index (χ2n) is 4.68. The molecule has 3 rings (SSSR count). The van der Waals surface area contributed by atoms with Crippen molar-refractivity contribution in [2.45, 2.75) is 25.1 Å². The summed E-state index contributed by atoms with van der Waals surface area (Å²) in [5.74, 6) is 0. The van der Waals surface area contributed by atoms with Crippen molar-refractivity contribution < 1.29 is 5.11 Å². The minimum absolute atomic E-state index is 0.0364. The molecule has 1 aromatic heterocycles. The summed E-state index contributed by atoms with van der Waals surface area (Å²) in [6, 6.07) is 12.2. The van der Waals surface area contributed by atoms with Crippen LogP contribution in [0.2, 0.25) is 0 Å². The normalized spacial score (nSPS) is 21.8. The summed E-state index contributed by atoms with van der Waals surface area (Å²) in [5, 5.41) is 13.5. The lowest BCUT2D eigenvalue weighted by Crippen LogP contribution is -2.28. The van der Waals surface area contributed by atoms with Crippen LogP contribution in [0, 0.1) is 0 Å². The summed E-state index contributed by atoms with van der Waals surface area (Å²) in [6.45, 7) is 0.749. The number of aliphatic hydroxyl groups is 1. The van der Waals surface area contributed by atoms with Crippen LogP contribution in [0.1, 0.15) is 22.7 Å². The van der Waals surface area contributed by atoms with E-state index in [1.165, 1.54) is 16.7 Å². The zero-order valence-electron chi connectivity index (χ0n) is 10.1. The van der Waals surface area contributed by atoms with Gasteiger partial charge in [-0.1, -0.05) is 24.3 Å². The smallest absolute Gasteiger partial charge is 0.0775 e. The summed E-state index contributed by atoms with van der Waals surface area (Å²) in [6.07, 6.45) is 3.99. The van der Waals surface area contributed by atoms with E-state index in [1.807, 2.05) is 24.3 Å². The van der Waals surface area contributed by atoms with Gasteiger partial charge in [-0.05, 0) is 28.8 Å². The maximum Gasteiger partial charge on any atom is 0.0775 e. The molecule has 3 heteroatoms. The maximum atomic E-state index is 10.1. The van der Waals surface area contributed by atoms with Crippen LogP contribution in [0.4, 0.5) is 0 Å². The number of hydrogen-bond donors (Lipinski definition) is 2. The van der Waals surface area contributed by atoms with E-state index in [-0.39, 0.29) is 12.1 Å². The lowest BCUT2D eigenvalue weighted by molar-refractivity contribution is 0.140. The molecule has 2 atom stereocenters. The number of pyridine rings is 1. The second-order valence-corrected chi connectivity index (χ2v) is 4.68. The molecule has 18 heavy (non-hydrogen) atoms. The Labute approximate surface area is 107 Å². The Bertz CT molecular complexity index is 527. The molecule has 0 amide bonds. The first-order valence-electron chi connectivity index (χ1n) is 6.23. The fourth-order valence-corrected chi connectivity index (χ4v) is 2.55. The third kappa shape index (κ3) is 2.15. The Kier molecular flexibility index (Phi) is 3.09. The molecule has 0 saturated heterocycles. The van der Waals surface area contributed by atoms with E-state index in [4.69, 9.17) is 0 Å². The van der Waals surface area contributed by atoms with Gasteiger partial charge in [0.2, 0.25) is 0 Å². The zero-order chi connectivity index (χ0) is 12.4. The number of aromatic nitrogens is 1. The van der Waals surface area contributed by atoms with E-state index in [2.05, 4.69) is 22.4 Å². The molecule has 0 aliphatic heterocycles. The molecule has 2 aromatic rings. The van der Waals surface area contributed by atoms with Crippen LogP contribution in [-0.4, -0.2) is 16.2 Å². The van der Waals surface area contributed by atoms with Gasteiger partial charge in [0, 0.05) is 25.4 Å². The van der Waals surface area contributed by atoms with E-state index in [9.17, 15) is 5.11 Å². The van der Waals surface area contributed by atoms with Gasteiger partial charge in [0.1, 0.15) is 0 Å². The Hall–Kier alpha value is -1.71. The van der Waals surface area contributed by atoms with Crippen LogP contribution in [-0.2, 0) is 13.0 Å². The largest absolute Gasteiger partial charge is 0.391 e. The van der Waals surface area contributed by atoms with Crippen molar-refractivity contribution in [1.29, 1.82) is 0 Å². The van der Waals surface area contributed by atoms with E-state index in [0.29, 0.717) is 0 Å². The second kappa shape index (κ2) is 4.88. The molecule has 0 unspecified atom stereocenters. The number of fused-ring (bicyclic) bond motifs is 1. The standard InChI is InChI=1S/C15H16N2O/c18-14-9-12-3-1-2-4-13(12)15(14)17-10-11-5-7-16-8-6-11/h1-8,14-15,17-18H,9-10H2/t14-,15+/m0/s1. The number of nitrogens with one attached hydrogen (secondary N) is 1. The average Bonchev–Trinajstić information content (AvgIpc) is 2.73. The van der Waals surface area contributed by atoms with Crippen molar-refractivity contribution in [3.63, 3.8) is 0 Å². The van der Waals surface area contributed by atoms with Crippen molar-refractivity contribution in [1.82, 2.24) is 10.3 Å². The molecule has 0 fully saturated rings. The van der Waals surface area contributed by atoms with Crippen LogP contribution < -0.4 is 5.32 Å². The van der Waals surface area contributed by atoms with Gasteiger partial charge < -0.3 is 10.4 Å². The molecular weight excluding hydrogens is 224 g/mol. The SMILES string of the molecule is O[C@H]1Cc2ccccc2[C@H]1NCc1ccncc1. The molecule has 1 heterocycles. The van der Waals surface area contributed by atoms with Crippen molar-refractivity contribution >= 4 is 0 Å². The number of benzene rings is 1. The number of hydrogen-bond acceptors (Lipinski definition) is 3. The highest BCUT2D eigenvalue weighted by molar-refractivity contribution is 5.36. The first-order chi connectivity index (χ1) is 8.84. The summed E-state index contributed by atoms with van der Waals surface area (Å²) < 4.78 is 0. The molecular formula is C15H16N2O. The van der Waals surface area contributed by atoms with Gasteiger partial charge in [0.15, 0.2) is 0 Å². The highest BCUT2D eigenvalue weighted by Crippen LogP contribution is 2.31. The van der Waals surface area contributed by atoms with Crippen LogP contribution in [0.3, 0.4) is 0 Å². The molecule has 1 aliphatic carbocycles. The Morgan fingerprint density at radius 2 is 1.94 bits per heavy atom. The van der Waals surface area contributed by atoms with E-state index < -0.39 is 0 Å². The predicted molar refractivity (Wildman–Crippen MR) is 70.0 cm³/mol. The van der Waals surface area contributed by atoms with Crippen LogP contribution >= 0.6 is 0 Å². The number of aliphatic hydroxyl groups excluding tert-OH is 1. The minimum atomic E-state index is -0.329. The zero-order valence-corrected chi connectivity index (χ0v) is 10.1. The predicted octanol–water partition coefficient (Wildman–Crippen LogP) is 1.83. The lowest BCUT2D eigenvalue weighted by atomic mass is 10.1. The summed E-state index contributed by atoms with van der Waals surface area (Å²) in [5.41, 5.74) is 3.65. The molecule has 0 saturated carbocycles. The molecule has 0 bridgehead atoms. The van der Waals surface area contributed by atoms with Crippen molar-refractivity contribution in [3.05, 3.63) is 65.5 Å². The van der Waals surface area contributed by atoms with Crippen LogP contribution in [0.5, 0.6) is 0 Å². The average molecular weight is 240 g/mol. The van der Waals surface area contributed by atoms with Crippen LogP contribution in [0.15, 0.2) is 48.8 Å². The third-order valence-electron chi connectivity index (χ3n) is 3.48. The van der Waals surface area contributed by atoms with Gasteiger partial charge in [0.25, 0.3) is 0 Å². The van der Waals surface area contributed by atoms with Crippen LogP contribution in [0.25, 0.3) is 0 Å². The fourth-order valence-electron chi connectivity index (χ4n) is 2.55. The fraction of sp³-hybridized carbons (Fsp3) is 0.267. The van der Waals surface area contributed by atoms with Gasteiger partial charge in [-0.15, -0.1) is 0 Å². The van der Waals surface area contributed by atoms with Gasteiger partial charge in [-0.25, -0.2) is 0 Å². The molecule has 1 aromatic carbocycles. The van der Waals surface area contributed by atoms with E-state index >= 15 is 0 Å². The molecule has 1 aliphatic rings. The topological polar surface area (TPSA) is 45.1 Å². The molecule has 3 nitrogen and oxygen atoms in total. The minimum Gasteiger partial charge on any atom is -0.391 e. The molecule has 92 valence electrons. The van der Waals surface area contributed by atoms with Crippen molar-refractivity contribution in [3.8, 4) is 0 Å². The highest BCUT2D eigenvalue weighted by atomic mass is 16.3. The van der Waals surface area contributed by atoms with Crippen molar-refractivity contribution in [2.75, 3.05) is 0 Å². The molecule has 0 radical (unpaired) electrons. The quantitative estimate of drug-likeness (QED) is 0.860. The summed E-state index contributed by atoms with van der Waals surface area (Å²) >= 11 is 0. The maximum absolute atomic E-state index is 10.1. The first-order valence-corrected chi connectivity index (χ1v) is 6.23. The van der Waals surface area contributed by atoms with E-state index in [1.54, 1.807) is 12.4 Å². The highest BCUT2D eigenvalue weighted by Gasteiger charge is 2.29. The van der Waals surface area contributed by atoms with Gasteiger partial charge in [-0.3, -0.25) is 4.98 Å². The monoisotopic (exact) mass is 240 g/mol. The Balaban J connectivity index is 1.74. The lowest BCUT2D eigenvalue weighted by Gasteiger charge is -2.17. The Morgan fingerprint density at radius 1 is 1.17 bits per heavy atom. The van der Waals surface area contributed by atoms with Gasteiger partial charge >= 0.3 is 0 Å². The number of nitrogens with zero attached hydrogens (tertiary/aromatic N) is 1. The first kappa shape index (κ1) is 11.4. The number of rotatable bonds is 3. The van der Waals surface area contributed by atoms with Crippen molar-refractivity contribution in [2.24, 2.45) is 0 Å². The van der Waals surface area contributed by atoms with Gasteiger partial charge in [-0.2, -0.15) is 0 Å². The summed E-state index contributed by atoms with van der Waals surface area (Å²) in [4.78, 5) is 4.00. The molecule has 2 N–H and O–H groups in total. The molecule has 0 spiro atoms. The Morgan fingerprint density at radius 3 is 2.78 bits per heavy atom. The summed E-state index contributed by atoms with van der Waals surface area (Å²) in [7, 11) is 0.